The van der Waals surface area contributed by atoms with E-state index in [0.717, 1.165) is 0 Å². The molecule has 4 aromatic carbocycles. The van der Waals surface area contributed by atoms with Gasteiger partial charge in [0.25, 0.3) is 0 Å². The van der Waals surface area contributed by atoms with Crippen LogP contribution in [-0.2, 0) is 5.41 Å². The van der Waals surface area contributed by atoms with E-state index in [4.69, 9.17) is 0 Å². The number of fused-ring (bicyclic) bond motifs is 3. The van der Waals surface area contributed by atoms with Crippen LogP contribution in [0, 0.1) is 34.6 Å². The van der Waals surface area contributed by atoms with Crippen LogP contribution in [0.15, 0.2) is 78.9 Å². The van der Waals surface area contributed by atoms with Crippen LogP contribution in [0.25, 0.3) is 11.1 Å². The Hall–Kier alpha value is -3.12. The summed E-state index contributed by atoms with van der Waals surface area (Å²) < 4.78 is 0. The van der Waals surface area contributed by atoms with Gasteiger partial charge in [-0.05, 0) is 79.1 Å². The van der Waals surface area contributed by atoms with Crippen molar-refractivity contribution in [2.45, 2.75) is 40.0 Å². The lowest BCUT2D eigenvalue weighted by Gasteiger charge is -2.34. The van der Waals surface area contributed by atoms with Gasteiger partial charge in [0.15, 0.2) is 0 Å². The van der Waals surface area contributed by atoms with Gasteiger partial charge in [-0.3, -0.25) is 0 Å². The Bertz CT molecular complexity index is 1240. The molecule has 0 spiro atoms. The molecule has 30 heavy (non-hydrogen) atoms. The molecule has 148 valence electrons. The molecule has 0 saturated carbocycles. The van der Waals surface area contributed by atoms with Gasteiger partial charge in [-0.15, -0.1) is 0 Å². The Labute approximate surface area is 180 Å². The Balaban J connectivity index is 2.01. The van der Waals surface area contributed by atoms with E-state index in [-0.39, 0.29) is 5.41 Å². The second-order valence-electron chi connectivity index (χ2n) is 9.02. The van der Waals surface area contributed by atoms with Gasteiger partial charge in [-0.2, -0.15) is 0 Å². The van der Waals surface area contributed by atoms with Crippen LogP contribution in [-0.4, -0.2) is 0 Å². The van der Waals surface area contributed by atoms with E-state index < -0.39 is 0 Å². The Morgan fingerprint density at radius 2 is 1.00 bits per heavy atom. The van der Waals surface area contributed by atoms with Crippen molar-refractivity contribution in [2.75, 3.05) is 0 Å². The zero-order valence-electron chi connectivity index (χ0n) is 18.5. The smallest absolute Gasteiger partial charge is 0.0617 e. The number of rotatable bonds is 2. The third kappa shape index (κ3) is 2.60. The fourth-order valence-corrected chi connectivity index (χ4v) is 5.24. The predicted octanol–water partition coefficient (Wildman–Crippen LogP) is 7.59. The molecule has 1 aliphatic rings. The maximum atomic E-state index is 2.44. The SMILES string of the molecule is Cc1cccc(C2(c3cccc(C)c3)c3cc(C)ccc3-c3cc(C)c(C)cc32)c1. The predicted molar refractivity (Wildman–Crippen MR) is 127 cm³/mol. The van der Waals surface area contributed by atoms with Crippen molar-refractivity contribution in [2.24, 2.45) is 0 Å². The lowest BCUT2D eigenvalue weighted by atomic mass is 9.67. The van der Waals surface area contributed by atoms with E-state index in [1.54, 1.807) is 0 Å². The molecule has 0 heterocycles. The topological polar surface area (TPSA) is 0 Å². The van der Waals surface area contributed by atoms with Crippen LogP contribution < -0.4 is 0 Å². The Kier molecular flexibility index (Phi) is 4.22. The molecular weight excluding hydrogens is 360 g/mol. The molecule has 4 aromatic rings. The minimum absolute atomic E-state index is 0.298. The highest BCUT2D eigenvalue weighted by atomic mass is 14.5. The molecule has 0 saturated heterocycles. The quantitative estimate of drug-likeness (QED) is 0.292. The summed E-state index contributed by atoms with van der Waals surface area (Å²) in [7, 11) is 0. The standard InChI is InChI=1S/C30H28/c1-19-8-6-10-24(14-19)30(25-11-7-9-20(2)15-25)28-16-21(3)12-13-26(28)27-17-22(4)23(5)18-29(27)30/h6-18H,1-5H3. The Morgan fingerprint density at radius 3 is 1.60 bits per heavy atom. The van der Waals surface area contributed by atoms with Gasteiger partial charge in [0.2, 0.25) is 0 Å². The fourth-order valence-electron chi connectivity index (χ4n) is 5.24. The lowest BCUT2D eigenvalue weighted by Crippen LogP contribution is -2.29. The first-order valence-electron chi connectivity index (χ1n) is 10.8. The van der Waals surface area contributed by atoms with Crippen molar-refractivity contribution in [3.05, 3.63) is 129 Å². The molecule has 0 aliphatic heterocycles. The third-order valence-electron chi connectivity index (χ3n) is 6.81. The highest BCUT2D eigenvalue weighted by Crippen LogP contribution is 2.56. The van der Waals surface area contributed by atoms with Crippen molar-refractivity contribution < 1.29 is 0 Å². The lowest BCUT2D eigenvalue weighted by molar-refractivity contribution is 0.764. The number of hydrogen-bond acceptors (Lipinski definition) is 0. The van der Waals surface area contributed by atoms with Gasteiger partial charge in [0.1, 0.15) is 0 Å². The molecule has 0 nitrogen and oxygen atoms in total. The largest absolute Gasteiger partial charge is 0.0713 e. The third-order valence-corrected chi connectivity index (χ3v) is 6.81. The summed E-state index contributed by atoms with van der Waals surface area (Å²) in [6, 6.07) is 30.0. The first kappa shape index (κ1) is 18.9. The second kappa shape index (κ2) is 6.71. The molecule has 5 rings (SSSR count). The van der Waals surface area contributed by atoms with E-state index in [1.807, 2.05) is 0 Å². The molecule has 0 fully saturated rings. The van der Waals surface area contributed by atoms with E-state index in [2.05, 4.69) is 113 Å². The maximum absolute atomic E-state index is 2.44. The molecule has 0 amide bonds. The second-order valence-corrected chi connectivity index (χ2v) is 9.02. The van der Waals surface area contributed by atoms with Crippen molar-refractivity contribution >= 4 is 0 Å². The van der Waals surface area contributed by atoms with Crippen molar-refractivity contribution in [3.63, 3.8) is 0 Å². The first-order chi connectivity index (χ1) is 14.4. The van der Waals surface area contributed by atoms with Gasteiger partial charge in [-0.25, -0.2) is 0 Å². The number of hydrogen-bond donors (Lipinski definition) is 0. The highest BCUT2D eigenvalue weighted by Gasteiger charge is 2.46. The van der Waals surface area contributed by atoms with Crippen molar-refractivity contribution in [3.8, 4) is 11.1 Å². The zero-order chi connectivity index (χ0) is 21.0. The van der Waals surface area contributed by atoms with E-state index in [9.17, 15) is 0 Å². The zero-order valence-corrected chi connectivity index (χ0v) is 18.5. The average Bonchev–Trinajstić information content (AvgIpc) is 2.98. The fraction of sp³-hybridized carbons (Fsp3) is 0.200. The summed E-state index contributed by atoms with van der Waals surface area (Å²) >= 11 is 0. The van der Waals surface area contributed by atoms with Gasteiger partial charge < -0.3 is 0 Å². The van der Waals surface area contributed by atoms with Gasteiger partial charge in [0, 0.05) is 0 Å². The molecular formula is C30H28. The summed E-state index contributed by atoms with van der Waals surface area (Å²) in [5.41, 5.74) is 14.5. The van der Waals surface area contributed by atoms with Crippen molar-refractivity contribution in [1.82, 2.24) is 0 Å². The summed E-state index contributed by atoms with van der Waals surface area (Å²) in [5, 5.41) is 0. The molecule has 1 aliphatic carbocycles. The molecule has 0 heteroatoms. The number of benzene rings is 4. The van der Waals surface area contributed by atoms with Crippen molar-refractivity contribution in [1.29, 1.82) is 0 Å². The maximum Gasteiger partial charge on any atom is 0.0713 e. The van der Waals surface area contributed by atoms with Crippen LogP contribution in [0.3, 0.4) is 0 Å². The monoisotopic (exact) mass is 388 g/mol. The van der Waals surface area contributed by atoms with Gasteiger partial charge in [0.05, 0.1) is 5.41 Å². The minimum atomic E-state index is -0.298. The molecule has 0 unspecified atom stereocenters. The summed E-state index contributed by atoms with van der Waals surface area (Å²) in [4.78, 5) is 0. The van der Waals surface area contributed by atoms with Gasteiger partial charge in [-0.1, -0.05) is 95.6 Å². The molecule has 0 radical (unpaired) electrons. The van der Waals surface area contributed by atoms with Crippen LogP contribution in [0.2, 0.25) is 0 Å². The number of aryl methyl sites for hydroxylation is 5. The van der Waals surface area contributed by atoms with Crippen LogP contribution in [0.4, 0.5) is 0 Å². The van der Waals surface area contributed by atoms with E-state index >= 15 is 0 Å². The minimum Gasteiger partial charge on any atom is -0.0617 e. The molecule has 0 N–H and O–H groups in total. The highest BCUT2D eigenvalue weighted by molar-refractivity contribution is 5.87. The summed E-state index contributed by atoms with van der Waals surface area (Å²) in [5.74, 6) is 0. The van der Waals surface area contributed by atoms with Crippen LogP contribution in [0.5, 0.6) is 0 Å². The molecule has 0 aromatic heterocycles. The van der Waals surface area contributed by atoms with Crippen LogP contribution in [0.1, 0.15) is 50.1 Å². The Morgan fingerprint density at radius 1 is 0.467 bits per heavy atom. The average molecular weight is 389 g/mol. The van der Waals surface area contributed by atoms with E-state index in [0.29, 0.717) is 0 Å². The normalized spacial score (nSPS) is 13.8. The summed E-state index contributed by atoms with van der Waals surface area (Å²) in [6.45, 7) is 11.1. The summed E-state index contributed by atoms with van der Waals surface area (Å²) in [6.07, 6.45) is 0. The first-order valence-corrected chi connectivity index (χ1v) is 10.8. The van der Waals surface area contributed by atoms with E-state index in [1.165, 1.54) is 61.2 Å². The van der Waals surface area contributed by atoms with Gasteiger partial charge >= 0.3 is 0 Å². The molecule has 0 bridgehead atoms. The molecule has 0 atom stereocenters. The van der Waals surface area contributed by atoms with Crippen LogP contribution >= 0.6 is 0 Å².